The standard InChI is InChI=1S/C11H12FN5O/c1-17(8-5-3-7(12)4-6-8)10-14-9(13)15-11(16-10)18-2/h3-6H,1-2H3,(H2,13,14,15,16). The van der Waals surface area contributed by atoms with Gasteiger partial charge in [-0.1, -0.05) is 0 Å². The predicted molar refractivity (Wildman–Crippen MR) is 65.3 cm³/mol. The van der Waals surface area contributed by atoms with E-state index in [-0.39, 0.29) is 17.8 Å². The number of nitrogens with two attached hydrogens (primary N) is 1. The minimum Gasteiger partial charge on any atom is -0.467 e. The molecule has 0 spiro atoms. The van der Waals surface area contributed by atoms with Gasteiger partial charge in [-0.25, -0.2) is 4.39 Å². The van der Waals surface area contributed by atoms with E-state index in [1.807, 2.05) is 0 Å². The number of nitrogen functional groups attached to an aromatic ring is 1. The lowest BCUT2D eigenvalue weighted by molar-refractivity contribution is 0.379. The highest BCUT2D eigenvalue weighted by molar-refractivity contribution is 5.56. The van der Waals surface area contributed by atoms with E-state index < -0.39 is 0 Å². The van der Waals surface area contributed by atoms with E-state index >= 15 is 0 Å². The van der Waals surface area contributed by atoms with Crippen LogP contribution in [0.15, 0.2) is 24.3 Å². The third-order valence-corrected chi connectivity index (χ3v) is 2.32. The van der Waals surface area contributed by atoms with E-state index in [0.717, 1.165) is 5.69 Å². The highest BCUT2D eigenvalue weighted by Crippen LogP contribution is 2.21. The van der Waals surface area contributed by atoms with Crippen LogP contribution >= 0.6 is 0 Å². The second-order valence-corrected chi connectivity index (χ2v) is 3.52. The zero-order valence-corrected chi connectivity index (χ0v) is 9.96. The van der Waals surface area contributed by atoms with Crippen molar-refractivity contribution >= 4 is 17.6 Å². The highest BCUT2D eigenvalue weighted by atomic mass is 19.1. The molecule has 94 valence electrons. The number of benzene rings is 1. The average Bonchev–Trinajstić information content (AvgIpc) is 2.38. The maximum absolute atomic E-state index is 12.8. The van der Waals surface area contributed by atoms with Gasteiger partial charge in [0.05, 0.1) is 7.11 Å². The molecule has 2 aromatic rings. The third kappa shape index (κ3) is 2.45. The number of ether oxygens (including phenoxy) is 1. The zero-order valence-electron chi connectivity index (χ0n) is 9.96. The van der Waals surface area contributed by atoms with Gasteiger partial charge < -0.3 is 15.4 Å². The van der Waals surface area contributed by atoms with Gasteiger partial charge in [0.25, 0.3) is 0 Å². The summed E-state index contributed by atoms with van der Waals surface area (Å²) in [6, 6.07) is 6.07. The van der Waals surface area contributed by atoms with Gasteiger partial charge >= 0.3 is 6.01 Å². The molecule has 2 rings (SSSR count). The van der Waals surface area contributed by atoms with Crippen LogP contribution in [0.2, 0.25) is 0 Å². The van der Waals surface area contributed by atoms with Crippen LogP contribution in [0.3, 0.4) is 0 Å². The van der Waals surface area contributed by atoms with Gasteiger partial charge in [-0.05, 0) is 24.3 Å². The molecule has 6 nitrogen and oxygen atoms in total. The maximum Gasteiger partial charge on any atom is 0.322 e. The molecule has 18 heavy (non-hydrogen) atoms. The second-order valence-electron chi connectivity index (χ2n) is 3.52. The van der Waals surface area contributed by atoms with Crippen molar-refractivity contribution in [2.45, 2.75) is 0 Å². The first-order chi connectivity index (χ1) is 8.60. The number of halogens is 1. The van der Waals surface area contributed by atoms with Crippen LogP contribution in [0.1, 0.15) is 0 Å². The Hall–Kier alpha value is -2.44. The molecule has 0 saturated heterocycles. The number of anilines is 3. The fourth-order valence-corrected chi connectivity index (χ4v) is 1.38. The molecule has 1 heterocycles. The molecule has 2 N–H and O–H groups in total. The van der Waals surface area contributed by atoms with E-state index in [4.69, 9.17) is 10.5 Å². The Bertz CT molecular complexity index is 546. The smallest absolute Gasteiger partial charge is 0.322 e. The predicted octanol–water partition coefficient (Wildman–Crippen LogP) is 1.37. The summed E-state index contributed by atoms with van der Waals surface area (Å²) in [4.78, 5) is 13.5. The molecule has 1 aromatic heterocycles. The molecule has 0 aliphatic heterocycles. The van der Waals surface area contributed by atoms with Gasteiger partial charge in [-0.15, -0.1) is 0 Å². The highest BCUT2D eigenvalue weighted by Gasteiger charge is 2.11. The normalized spacial score (nSPS) is 10.2. The number of methoxy groups -OCH3 is 1. The first-order valence-electron chi connectivity index (χ1n) is 5.15. The SMILES string of the molecule is COc1nc(N)nc(N(C)c2ccc(F)cc2)n1. The average molecular weight is 249 g/mol. The minimum absolute atomic E-state index is 0.0609. The zero-order chi connectivity index (χ0) is 13.1. The largest absolute Gasteiger partial charge is 0.467 e. The van der Waals surface area contributed by atoms with Gasteiger partial charge in [-0.2, -0.15) is 15.0 Å². The summed E-state index contributed by atoms with van der Waals surface area (Å²) in [5.41, 5.74) is 6.27. The summed E-state index contributed by atoms with van der Waals surface area (Å²) in [7, 11) is 3.18. The number of hydrogen-bond acceptors (Lipinski definition) is 6. The molecular formula is C11H12FN5O. The van der Waals surface area contributed by atoms with Crippen LogP contribution in [0.5, 0.6) is 6.01 Å². The monoisotopic (exact) mass is 249 g/mol. The van der Waals surface area contributed by atoms with Gasteiger partial charge in [0.1, 0.15) is 5.82 Å². The van der Waals surface area contributed by atoms with E-state index in [0.29, 0.717) is 5.95 Å². The first-order valence-corrected chi connectivity index (χ1v) is 5.15. The van der Waals surface area contributed by atoms with Crippen LogP contribution < -0.4 is 15.4 Å². The van der Waals surface area contributed by atoms with Crippen molar-refractivity contribution < 1.29 is 9.13 Å². The molecule has 7 heteroatoms. The Kier molecular flexibility index (Phi) is 3.22. The van der Waals surface area contributed by atoms with Crippen molar-refractivity contribution in [1.29, 1.82) is 0 Å². The van der Waals surface area contributed by atoms with E-state index in [9.17, 15) is 4.39 Å². The third-order valence-electron chi connectivity index (χ3n) is 2.32. The number of hydrogen-bond donors (Lipinski definition) is 1. The summed E-state index contributed by atoms with van der Waals surface area (Å²) in [6.45, 7) is 0. The summed E-state index contributed by atoms with van der Waals surface area (Å²) < 4.78 is 17.7. The molecule has 0 unspecified atom stereocenters. The Morgan fingerprint density at radius 3 is 2.44 bits per heavy atom. The lowest BCUT2D eigenvalue weighted by Crippen LogP contribution is -2.15. The van der Waals surface area contributed by atoms with Crippen LogP contribution in [-0.4, -0.2) is 29.1 Å². The van der Waals surface area contributed by atoms with Crippen LogP contribution in [0.25, 0.3) is 0 Å². The molecule has 0 bridgehead atoms. The summed E-state index contributed by atoms with van der Waals surface area (Å²) in [6.07, 6.45) is 0. The number of nitrogens with zero attached hydrogens (tertiary/aromatic N) is 4. The topological polar surface area (TPSA) is 77.2 Å². The van der Waals surface area contributed by atoms with Gasteiger partial charge in [0, 0.05) is 12.7 Å². The summed E-state index contributed by atoms with van der Waals surface area (Å²) in [5, 5.41) is 0. The van der Waals surface area contributed by atoms with E-state index in [1.165, 1.54) is 19.2 Å². The second kappa shape index (κ2) is 4.82. The molecule has 0 fully saturated rings. The Balaban J connectivity index is 2.35. The van der Waals surface area contributed by atoms with Gasteiger partial charge in [0.2, 0.25) is 11.9 Å². The first kappa shape index (κ1) is 12.0. The molecule has 1 aromatic carbocycles. The number of aromatic nitrogens is 3. The van der Waals surface area contributed by atoms with Gasteiger partial charge in [0.15, 0.2) is 0 Å². The minimum atomic E-state index is -0.306. The Morgan fingerprint density at radius 1 is 1.17 bits per heavy atom. The molecular weight excluding hydrogens is 237 g/mol. The molecule has 0 aliphatic rings. The number of rotatable bonds is 3. The lowest BCUT2D eigenvalue weighted by Gasteiger charge is -2.17. The Labute approximate surface area is 103 Å². The van der Waals surface area contributed by atoms with Crippen LogP contribution in [0, 0.1) is 5.82 Å². The van der Waals surface area contributed by atoms with Crippen molar-refractivity contribution in [3.05, 3.63) is 30.1 Å². The van der Waals surface area contributed by atoms with Crippen LogP contribution in [0.4, 0.5) is 22.0 Å². The van der Waals surface area contributed by atoms with Crippen molar-refractivity contribution in [3.8, 4) is 6.01 Å². The quantitative estimate of drug-likeness (QED) is 0.885. The van der Waals surface area contributed by atoms with E-state index in [2.05, 4.69) is 15.0 Å². The van der Waals surface area contributed by atoms with Crippen molar-refractivity contribution in [2.75, 3.05) is 24.8 Å². The van der Waals surface area contributed by atoms with Crippen LogP contribution in [-0.2, 0) is 0 Å². The summed E-state index contributed by atoms with van der Waals surface area (Å²) in [5.74, 6) is 0.0802. The van der Waals surface area contributed by atoms with Crippen molar-refractivity contribution in [3.63, 3.8) is 0 Å². The Morgan fingerprint density at radius 2 is 1.83 bits per heavy atom. The molecule has 0 radical (unpaired) electrons. The molecule has 0 amide bonds. The molecule has 0 atom stereocenters. The molecule has 0 saturated carbocycles. The summed E-state index contributed by atoms with van der Waals surface area (Å²) >= 11 is 0. The molecule has 0 aliphatic carbocycles. The van der Waals surface area contributed by atoms with E-state index in [1.54, 1.807) is 24.1 Å². The lowest BCUT2D eigenvalue weighted by atomic mass is 10.3. The van der Waals surface area contributed by atoms with Crippen molar-refractivity contribution in [1.82, 2.24) is 15.0 Å². The van der Waals surface area contributed by atoms with Gasteiger partial charge in [-0.3, -0.25) is 0 Å². The van der Waals surface area contributed by atoms with Crippen molar-refractivity contribution in [2.24, 2.45) is 0 Å². The maximum atomic E-state index is 12.8. The fourth-order valence-electron chi connectivity index (χ4n) is 1.38. The fraction of sp³-hybridized carbons (Fsp3) is 0.182.